The van der Waals surface area contributed by atoms with Crippen molar-refractivity contribution in [2.24, 2.45) is 0 Å². The highest BCUT2D eigenvalue weighted by Gasteiger charge is 2.29. The van der Waals surface area contributed by atoms with Gasteiger partial charge in [-0.1, -0.05) is 13.8 Å². The van der Waals surface area contributed by atoms with Gasteiger partial charge >= 0.3 is 0 Å². The minimum Gasteiger partial charge on any atom is -0.378 e. The Labute approximate surface area is 111 Å². The number of hydrogen-bond acceptors (Lipinski definition) is 4. The first-order valence-corrected chi connectivity index (χ1v) is 8.35. The fourth-order valence-electron chi connectivity index (χ4n) is 2.04. The molecule has 108 valence electrons. The molecule has 0 saturated carbocycles. The average Bonchev–Trinajstić information content (AvgIpc) is 2.28. The summed E-state index contributed by atoms with van der Waals surface area (Å²) >= 11 is 0. The topological polar surface area (TPSA) is 58.6 Å². The minimum atomic E-state index is -3.11. The van der Waals surface area contributed by atoms with E-state index in [9.17, 15) is 8.42 Å². The molecule has 1 aliphatic rings. The van der Waals surface area contributed by atoms with Gasteiger partial charge in [0.15, 0.2) is 0 Å². The summed E-state index contributed by atoms with van der Waals surface area (Å²) in [6.45, 7) is 8.47. The molecule has 18 heavy (non-hydrogen) atoms. The number of nitrogens with zero attached hydrogens (tertiary/aromatic N) is 1. The predicted molar refractivity (Wildman–Crippen MR) is 73.1 cm³/mol. The molecule has 0 amide bonds. The summed E-state index contributed by atoms with van der Waals surface area (Å²) in [7, 11) is -3.11. The Morgan fingerprint density at radius 3 is 2.72 bits per heavy atom. The molecule has 1 fully saturated rings. The molecule has 1 unspecified atom stereocenters. The van der Waals surface area contributed by atoms with Crippen molar-refractivity contribution in [3.05, 3.63) is 0 Å². The lowest BCUT2D eigenvalue weighted by atomic mass is 10.3. The normalized spacial score (nSPS) is 22.6. The number of rotatable bonds is 7. The molecule has 0 aliphatic carbocycles. The summed E-state index contributed by atoms with van der Waals surface area (Å²) in [6, 6.07) is 0.429. The molecule has 0 spiro atoms. The van der Waals surface area contributed by atoms with Crippen LogP contribution in [0.1, 0.15) is 33.6 Å². The fourth-order valence-corrected chi connectivity index (χ4v) is 3.81. The van der Waals surface area contributed by atoms with Crippen molar-refractivity contribution in [1.29, 1.82) is 0 Å². The quantitative estimate of drug-likeness (QED) is 0.700. The Morgan fingerprint density at radius 2 is 2.11 bits per heavy atom. The molecule has 1 rings (SSSR count). The Morgan fingerprint density at radius 1 is 1.39 bits per heavy atom. The summed E-state index contributed by atoms with van der Waals surface area (Å²) in [5.41, 5.74) is 0. The second-order valence-electron chi connectivity index (χ2n) is 5.17. The smallest absolute Gasteiger partial charge is 0.214 e. The first-order chi connectivity index (χ1) is 8.43. The molecule has 0 aromatic rings. The van der Waals surface area contributed by atoms with E-state index in [4.69, 9.17) is 4.74 Å². The van der Waals surface area contributed by atoms with E-state index in [2.05, 4.69) is 19.2 Å². The maximum absolute atomic E-state index is 12.1. The van der Waals surface area contributed by atoms with Gasteiger partial charge < -0.3 is 10.1 Å². The van der Waals surface area contributed by atoms with Crippen molar-refractivity contribution < 1.29 is 13.2 Å². The van der Waals surface area contributed by atoms with Gasteiger partial charge in [-0.05, 0) is 26.3 Å². The van der Waals surface area contributed by atoms with Gasteiger partial charge in [-0.3, -0.25) is 0 Å². The van der Waals surface area contributed by atoms with Crippen LogP contribution in [-0.4, -0.2) is 56.9 Å². The summed E-state index contributed by atoms with van der Waals surface area (Å²) in [5, 5.41) is 3.29. The number of ether oxygens (including phenoxy) is 1. The molecule has 1 N–H and O–H groups in total. The number of sulfonamides is 1. The highest BCUT2D eigenvalue weighted by molar-refractivity contribution is 7.89. The van der Waals surface area contributed by atoms with E-state index in [1.807, 2.05) is 6.92 Å². The molecule has 1 heterocycles. The van der Waals surface area contributed by atoms with E-state index in [1.165, 1.54) is 0 Å². The molecule has 5 nitrogen and oxygen atoms in total. The first-order valence-electron chi connectivity index (χ1n) is 6.74. The van der Waals surface area contributed by atoms with Crippen molar-refractivity contribution in [2.75, 3.05) is 32.1 Å². The van der Waals surface area contributed by atoms with Crippen LogP contribution in [0, 0.1) is 0 Å². The summed E-state index contributed by atoms with van der Waals surface area (Å²) in [6.07, 6.45) is 1.61. The molecule has 1 aliphatic heterocycles. The van der Waals surface area contributed by atoms with Crippen LogP contribution in [0.25, 0.3) is 0 Å². The zero-order chi connectivity index (χ0) is 13.6. The van der Waals surface area contributed by atoms with Gasteiger partial charge in [0, 0.05) is 18.6 Å². The van der Waals surface area contributed by atoms with Crippen LogP contribution >= 0.6 is 0 Å². The third-order valence-electron chi connectivity index (χ3n) is 3.05. The maximum atomic E-state index is 12.1. The summed E-state index contributed by atoms with van der Waals surface area (Å²) in [4.78, 5) is 0. The highest BCUT2D eigenvalue weighted by Crippen LogP contribution is 2.13. The van der Waals surface area contributed by atoms with Gasteiger partial charge in [-0.25, -0.2) is 8.42 Å². The van der Waals surface area contributed by atoms with Gasteiger partial charge in [0.1, 0.15) is 0 Å². The van der Waals surface area contributed by atoms with Gasteiger partial charge in [0.2, 0.25) is 10.0 Å². The third-order valence-corrected chi connectivity index (χ3v) is 5.11. The van der Waals surface area contributed by atoms with Crippen molar-refractivity contribution in [3.63, 3.8) is 0 Å². The molecule has 6 heteroatoms. The van der Waals surface area contributed by atoms with Crippen molar-refractivity contribution >= 4 is 10.0 Å². The zero-order valence-corrected chi connectivity index (χ0v) is 12.5. The first kappa shape index (κ1) is 15.9. The highest BCUT2D eigenvalue weighted by atomic mass is 32.2. The van der Waals surface area contributed by atoms with Crippen LogP contribution in [0.4, 0.5) is 0 Å². The van der Waals surface area contributed by atoms with Crippen LogP contribution in [-0.2, 0) is 14.8 Å². The minimum absolute atomic E-state index is 0.0301. The van der Waals surface area contributed by atoms with E-state index in [1.54, 1.807) is 4.31 Å². The van der Waals surface area contributed by atoms with E-state index in [0.717, 1.165) is 13.0 Å². The fraction of sp³-hybridized carbons (Fsp3) is 1.00. The SMILES string of the molecule is CC(C)NCCCCS(=O)(=O)N1CCOCC1C. The molecule has 1 atom stereocenters. The monoisotopic (exact) mass is 278 g/mol. The number of hydrogen-bond donors (Lipinski definition) is 1. The Bertz CT molecular complexity index is 330. The molecular weight excluding hydrogens is 252 g/mol. The lowest BCUT2D eigenvalue weighted by molar-refractivity contribution is 0.0393. The van der Waals surface area contributed by atoms with E-state index in [-0.39, 0.29) is 11.8 Å². The molecule has 0 aromatic carbocycles. The predicted octanol–water partition coefficient (Wildman–Crippen LogP) is 0.815. The van der Waals surface area contributed by atoms with E-state index < -0.39 is 10.0 Å². The Balaban J connectivity index is 2.30. The van der Waals surface area contributed by atoms with Crippen LogP contribution in [0.15, 0.2) is 0 Å². The van der Waals surface area contributed by atoms with E-state index >= 15 is 0 Å². The second-order valence-corrected chi connectivity index (χ2v) is 7.21. The van der Waals surface area contributed by atoms with Crippen LogP contribution in [0.2, 0.25) is 0 Å². The Hall–Kier alpha value is -0.170. The van der Waals surface area contributed by atoms with Crippen molar-refractivity contribution in [3.8, 4) is 0 Å². The molecular formula is C12H26N2O3S. The van der Waals surface area contributed by atoms with Crippen LogP contribution in [0.5, 0.6) is 0 Å². The van der Waals surface area contributed by atoms with Gasteiger partial charge in [0.05, 0.1) is 19.0 Å². The molecule has 0 radical (unpaired) electrons. The number of nitrogens with one attached hydrogen (secondary N) is 1. The van der Waals surface area contributed by atoms with Crippen molar-refractivity contribution in [2.45, 2.75) is 45.7 Å². The van der Waals surface area contributed by atoms with Crippen molar-refractivity contribution in [1.82, 2.24) is 9.62 Å². The largest absolute Gasteiger partial charge is 0.378 e. The standard InChI is InChI=1S/C12H26N2O3S/c1-11(2)13-6-4-5-9-18(15,16)14-7-8-17-10-12(14)3/h11-13H,4-10H2,1-3H3. The van der Waals surface area contributed by atoms with Crippen LogP contribution < -0.4 is 5.32 Å². The van der Waals surface area contributed by atoms with Gasteiger partial charge in [-0.15, -0.1) is 0 Å². The molecule has 0 bridgehead atoms. The average molecular weight is 278 g/mol. The molecule has 0 aromatic heterocycles. The second kappa shape index (κ2) is 7.43. The maximum Gasteiger partial charge on any atom is 0.214 e. The molecule has 1 saturated heterocycles. The third kappa shape index (κ3) is 5.22. The summed E-state index contributed by atoms with van der Waals surface area (Å²) in [5.74, 6) is 0.247. The van der Waals surface area contributed by atoms with Gasteiger partial charge in [-0.2, -0.15) is 4.31 Å². The summed E-state index contributed by atoms with van der Waals surface area (Å²) < 4.78 is 31.1. The van der Waals surface area contributed by atoms with Crippen LogP contribution in [0.3, 0.4) is 0 Å². The Kier molecular flexibility index (Phi) is 6.55. The lowest BCUT2D eigenvalue weighted by Crippen LogP contribution is -2.47. The number of morpholine rings is 1. The lowest BCUT2D eigenvalue weighted by Gasteiger charge is -2.32. The van der Waals surface area contributed by atoms with Gasteiger partial charge in [0.25, 0.3) is 0 Å². The number of unbranched alkanes of at least 4 members (excludes halogenated alkanes) is 1. The zero-order valence-electron chi connectivity index (χ0n) is 11.7. The van der Waals surface area contributed by atoms with E-state index in [0.29, 0.717) is 32.2 Å².